The van der Waals surface area contributed by atoms with E-state index in [0.29, 0.717) is 22.6 Å². The molecule has 0 saturated heterocycles. The van der Waals surface area contributed by atoms with Gasteiger partial charge in [-0.2, -0.15) is 4.80 Å². The Morgan fingerprint density at radius 1 is 0.862 bits per heavy atom. The molecule has 0 aliphatic carbocycles. The highest BCUT2D eigenvalue weighted by Crippen LogP contribution is 2.25. The number of nitro groups is 1. The van der Waals surface area contributed by atoms with Gasteiger partial charge in [0, 0.05) is 23.4 Å². The zero-order valence-corrected chi connectivity index (χ0v) is 15.1. The average Bonchev–Trinajstić information content (AvgIpc) is 3.21. The second-order valence-corrected chi connectivity index (χ2v) is 6.15. The van der Waals surface area contributed by atoms with Gasteiger partial charge in [-0.15, -0.1) is 10.2 Å². The van der Waals surface area contributed by atoms with Gasteiger partial charge in [0.1, 0.15) is 5.69 Å². The van der Waals surface area contributed by atoms with Crippen molar-refractivity contribution >= 4 is 17.3 Å². The predicted molar refractivity (Wildman–Crippen MR) is 108 cm³/mol. The number of hydrogen-bond donors (Lipinski definition) is 1. The first-order valence-electron chi connectivity index (χ1n) is 8.76. The Morgan fingerprint density at radius 3 is 2.10 bits per heavy atom. The molecule has 0 atom stereocenters. The van der Waals surface area contributed by atoms with Crippen molar-refractivity contribution in [3.05, 3.63) is 101 Å². The summed E-state index contributed by atoms with van der Waals surface area (Å²) in [4.78, 5) is 24.7. The summed E-state index contributed by atoms with van der Waals surface area (Å²) in [6.45, 7) is 0. The van der Waals surface area contributed by atoms with Gasteiger partial charge in [0.25, 0.3) is 11.6 Å². The molecule has 0 spiro atoms. The molecule has 0 fully saturated rings. The van der Waals surface area contributed by atoms with E-state index in [0.717, 1.165) is 0 Å². The minimum atomic E-state index is -0.479. The molecule has 0 radical (unpaired) electrons. The second-order valence-electron chi connectivity index (χ2n) is 6.15. The number of amides is 1. The summed E-state index contributed by atoms with van der Waals surface area (Å²) in [7, 11) is 0. The van der Waals surface area contributed by atoms with Crippen molar-refractivity contribution in [2.45, 2.75) is 0 Å². The van der Waals surface area contributed by atoms with Crippen LogP contribution in [-0.4, -0.2) is 25.8 Å². The van der Waals surface area contributed by atoms with Crippen LogP contribution in [0.3, 0.4) is 0 Å². The van der Waals surface area contributed by atoms with E-state index in [1.807, 2.05) is 48.5 Å². The lowest BCUT2D eigenvalue weighted by Crippen LogP contribution is -2.14. The van der Waals surface area contributed by atoms with Crippen molar-refractivity contribution in [2.24, 2.45) is 0 Å². The normalized spacial score (nSPS) is 10.5. The van der Waals surface area contributed by atoms with E-state index in [-0.39, 0.29) is 11.4 Å². The standard InChI is InChI=1S/C21H15N5O3/c27-21(22-16-7-3-1-4-8-16)20-19(15-11-13-18(14-12-15)26(28)29)23-25(24-20)17-9-5-2-6-10-17/h1-14H,(H,22,27). The summed E-state index contributed by atoms with van der Waals surface area (Å²) >= 11 is 0. The number of nitrogens with one attached hydrogen (secondary N) is 1. The fourth-order valence-corrected chi connectivity index (χ4v) is 2.78. The van der Waals surface area contributed by atoms with Crippen LogP contribution in [0.5, 0.6) is 0 Å². The Kier molecular flexibility index (Phi) is 4.81. The van der Waals surface area contributed by atoms with Gasteiger partial charge in [0.15, 0.2) is 5.69 Å². The predicted octanol–water partition coefficient (Wildman–Crippen LogP) is 4.09. The maximum atomic E-state index is 12.9. The Labute approximate surface area is 165 Å². The first kappa shape index (κ1) is 18.1. The Bertz CT molecular complexity index is 1160. The van der Waals surface area contributed by atoms with Crippen molar-refractivity contribution < 1.29 is 9.72 Å². The number of aromatic nitrogens is 3. The largest absolute Gasteiger partial charge is 0.321 e. The first-order chi connectivity index (χ1) is 14.1. The molecule has 3 aromatic carbocycles. The molecule has 29 heavy (non-hydrogen) atoms. The second kappa shape index (κ2) is 7.73. The number of hydrogen-bond acceptors (Lipinski definition) is 5. The number of carbonyl (C=O) groups excluding carboxylic acids is 1. The number of non-ortho nitro benzene ring substituents is 1. The molecule has 142 valence electrons. The SMILES string of the molecule is O=C(Nc1ccccc1)c1nn(-c2ccccc2)nc1-c1ccc([N+](=O)[O-])cc1. The molecule has 0 unspecified atom stereocenters. The van der Waals surface area contributed by atoms with Crippen LogP contribution in [0.25, 0.3) is 16.9 Å². The van der Waals surface area contributed by atoms with Crippen molar-refractivity contribution in [1.29, 1.82) is 0 Å². The van der Waals surface area contributed by atoms with Crippen LogP contribution in [0.15, 0.2) is 84.9 Å². The summed E-state index contributed by atoms with van der Waals surface area (Å²) in [5, 5.41) is 22.6. The highest BCUT2D eigenvalue weighted by molar-refractivity contribution is 6.06. The number of nitrogens with zero attached hydrogens (tertiary/aromatic N) is 4. The highest BCUT2D eigenvalue weighted by atomic mass is 16.6. The lowest BCUT2D eigenvalue weighted by Gasteiger charge is -2.04. The van der Waals surface area contributed by atoms with E-state index in [2.05, 4.69) is 15.5 Å². The fourth-order valence-electron chi connectivity index (χ4n) is 2.78. The molecule has 0 bridgehead atoms. The molecule has 0 saturated carbocycles. The molecule has 0 aliphatic rings. The van der Waals surface area contributed by atoms with Crippen LogP contribution < -0.4 is 5.32 Å². The van der Waals surface area contributed by atoms with Gasteiger partial charge < -0.3 is 5.32 Å². The lowest BCUT2D eigenvalue weighted by atomic mass is 10.1. The van der Waals surface area contributed by atoms with Crippen LogP contribution in [-0.2, 0) is 0 Å². The highest BCUT2D eigenvalue weighted by Gasteiger charge is 2.21. The summed E-state index contributed by atoms with van der Waals surface area (Å²) in [5.41, 5.74) is 2.27. The third-order valence-corrected chi connectivity index (χ3v) is 4.20. The smallest absolute Gasteiger partial charge is 0.278 e. The molecular formula is C21H15N5O3. The van der Waals surface area contributed by atoms with Crippen molar-refractivity contribution in [1.82, 2.24) is 15.0 Å². The summed E-state index contributed by atoms with van der Waals surface area (Å²) in [5.74, 6) is -0.424. The first-order valence-corrected chi connectivity index (χ1v) is 8.76. The van der Waals surface area contributed by atoms with Crippen molar-refractivity contribution in [3.8, 4) is 16.9 Å². The maximum absolute atomic E-state index is 12.9. The minimum absolute atomic E-state index is 0.0421. The van der Waals surface area contributed by atoms with E-state index in [1.54, 1.807) is 24.3 Å². The zero-order chi connectivity index (χ0) is 20.2. The Balaban J connectivity index is 1.76. The Hall–Kier alpha value is -4.33. The molecule has 4 aromatic rings. The van der Waals surface area contributed by atoms with Gasteiger partial charge in [-0.05, 0) is 36.4 Å². The number of nitro benzene ring substituents is 1. The van der Waals surface area contributed by atoms with Gasteiger partial charge >= 0.3 is 0 Å². The lowest BCUT2D eigenvalue weighted by molar-refractivity contribution is -0.384. The van der Waals surface area contributed by atoms with Gasteiger partial charge in [-0.1, -0.05) is 36.4 Å². The van der Waals surface area contributed by atoms with Crippen LogP contribution in [0.4, 0.5) is 11.4 Å². The van der Waals surface area contributed by atoms with E-state index in [4.69, 9.17) is 0 Å². The van der Waals surface area contributed by atoms with Crippen molar-refractivity contribution in [3.63, 3.8) is 0 Å². The molecule has 4 rings (SSSR count). The van der Waals surface area contributed by atoms with E-state index < -0.39 is 10.8 Å². The number of carbonyl (C=O) groups is 1. The fraction of sp³-hybridized carbons (Fsp3) is 0. The number of para-hydroxylation sites is 2. The number of rotatable bonds is 5. The maximum Gasteiger partial charge on any atom is 0.278 e. The van der Waals surface area contributed by atoms with Gasteiger partial charge in [0.05, 0.1) is 10.6 Å². The quantitative estimate of drug-likeness (QED) is 0.412. The molecular weight excluding hydrogens is 370 g/mol. The third-order valence-electron chi connectivity index (χ3n) is 4.20. The Morgan fingerprint density at radius 2 is 1.48 bits per heavy atom. The molecule has 1 heterocycles. The van der Waals surface area contributed by atoms with Crippen LogP contribution in [0, 0.1) is 10.1 Å². The van der Waals surface area contributed by atoms with E-state index >= 15 is 0 Å². The van der Waals surface area contributed by atoms with Gasteiger partial charge in [-0.25, -0.2) is 0 Å². The summed E-state index contributed by atoms with van der Waals surface area (Å²) < 4.78 is 0. The van der Waals surface area contributed by atoms with Crippen LogP contribution in [0.2, 0.25) is 0 Å². The molecule has 8 nitrogen and oxygen atoms in total. The summed E-state index contributed by atoms with van der Waals surface area (Å²) in [6, 6.07) is 24.0. The van der Waals surface area contributed by atoms with E-state index in [1.165, 1.54) is 16.9 Å². The van der Waals surface area contributed by atoms with Gasteiger partial charge in [0.2, 0.25) is 0 Å². The molecule has 1 N–H and O–H groups in total. The minimum Gasteiger partial charge on any atom is -0.321 e. The molecule has 0 aliphatic heterocycles. The number of anilines is 1. The number of benzene rings is 3. The summed E-state index contributed by atoms with van der Waals surface area (Å²) in [6.07, 6.45) is 0. The van der Waals surface area contributed by atoms with Crippen molar-refractivity contribution in [2.75, 3.05) is 5.32 Å². The van der Waals surface area contributed by atoms with Gasteiger partial charge in [-0.3, -0.25) is 14.9 Å². The van der Waals surface area contributed by atoms with Crippen LogP contribution >= 0.6 is 0 Å². The van der Waals surface area contributed by atoms with Crippen LogP contribution in [0.1, 0.15) is 10.5 Å². The zero-order valence-electron chi connectivity index (χ0n) is 15.1. The average molecular weight is 385 g/mol. The topological polar surface area (TPSA) is 103 Å². The third kappa shape index (κ3) is 3.86. The molecule has 1 amide bonds. The molecule has 8 heteroatoms. The monoisotopic (exact) mass is 385 g/mol. The molecule has 1 aromatic heterocycles. The van der Waals surface area contributed by atoms with E-state index in [9.17, 15) is 14.9 Å².